The lowest BCUT2D eigenvalue weighted by molar-refractivity contribution is -0.117. The lowest BCUT2D eigenvalue weighted by atomic mass is 10.1. The Morgan fingerprint density at radius 2 is 1.80 bits per heavy atom. The van der Waals surface area contributed by atoms with E-state index >= 15 is 0 Å². The molecular formula is C18H13F2N3O2. The minimum absolute atomic E-state index is 0.159. The molecule has 0 radical (unpaired) electrons. The summed E-state index contributed by atoms with van der Waals surface area (Å²) in [5, 5.41) is 3.96. The monoisotopic (exact) mass is 341 g/mol. The maximum absolute atomic E-state index is 13.4. The summed E-state index contributed by atoms with van der Waals surface area (Å²) in [5.74, 6) is -1.19. The third kappa shape index (κ3) is 3.00. The van der Waals surface area contributed by atoms with Gasteiger partial charge in [0.05, 0.1) is 0 Å². The number of hydrogen-bond acceptors (Lipinski definition) is 4. The van der Waals surface area contributed by atoms with E-state index in [1.807, 2.05) is 30.3 Å². The molecule has 1 aliphatic heterocycles. The standard InChI is InChI=1S/C18H13F2N3O2/c19-13-7-14(20)9-15(8-13)23-10-12(6-16(23)24)17-21-18(25-22-17)11-4-2-1-3-5-11/h1-5,7-9,12H,6,10H2. The maximum atomic E-state index is 13.4. The van der Waals surface area contributed by atoms with Crippen molar-refractivity contribution in [1.29, 1.82) is 0 Å². The molecule has 0 N–H and O–H groups in total. The van der Waals surface area contributed by atoms with Gasteiger partial charge in [0.1, 0.15) is 11.6 Å². The number of halogens is 2. The van der Waals surface area contributed by atoms with Crippen LogP contribution in [0.3, 0.4) is 0 Å². The Morgan fingerprint density at radius 1 is 1.08 bits per heavy atom. The molecule has 5 nitrogen and oxygen atoms in total. The molecule has 4 rings (SSSR count). The quantitative estimate of drug-likeness (QED) is 0.731. The molecule has 3 aromatic rings. The minimum Gasteiger partial charge on any atom is -0.334 e. The lowest BCUT2D eigenvalue weighted by Crippen LogP contribution is -2.24. The van der Waals surface area contributed by atoms with Crippen molar-refractivity contribution in [3.05, 3.63) is 66.0 Å². The summed E-state index contributed by atoms with van der Waals surface area (Å²) in [6, 6.07) is 12.3. The third-order valence-corrected chi connectivity index (χ3v) is 4.11. The highest BCUT2D eigenvalue weighted by Gasteiger charge is 2.35. The van der Waals surface area contributed by atoms with E-state index in [0.29, 0.717) is 11.7 Å². The molecule has 0 saturated carbocycles. The Bertz CT molecular complexity index is 907. The lowest BCUT2D eigenvalue weighted by Gasteiger charge is -2.16. The fourth-order valence-electron chi connectivity index (χ4n) is 2.92. The molecule has 0 spiro atoms. The number of rotatable bonds is 3. The van der Waals surface area contributed by atoms with Crippen molar-refractivity contribution >= 4 is 11.6 Å². The summed E-state index contributed by atoms with van der Waals surface area (Å²) in [6.07, 6.45) is 0.159. The first-order valence-electron chi connectivity index (χ1n) is 7.75. The first-order chi connectivity index (χ1) is 12.1. The highest BCUT2D eigenvalue weighted by atomic mass is 19.1. The topological polar surface area (TPSA) is 59.2 Å². The summed E-state index contributed by atoms with van der Waals surface area (Å²) in [5.41, 5.74) is 0.978. The molecule has 0 aliphatic carbocycles. The molecule has 1 unspecified atom stereocenters. The van der Waals surface area contributed by atoms with E-state index in [0.717, 1.165) is 23.8 Å². The molecule has 1 amide bonds. The van der Waals surface area contributed by atoms with Gasteiger partial charge in [-0.05, 0) is 24.3 Å². The van der Waals surface area contributed by atoms with Gasteiger partial charge >= 0.3 is 0 Å². The normalized spacial score (nSPS) is 17.3. The van der Waals surface area contributed by atoms with Gasteiger partial charge < -0.3 is 9.42 Å². The van der Waals surface area contributed by atoms with Gasteiger partial charge in [-0.15, -0.1) is 0 Å². The number of carbonyl (C=O) groups excluding carboxylic acids is 1. The third-order valence-electron chi connectivity index (χ3n) is 4.11. The number of amides is 1. The maximum Gasteiger partial charge on any atom is 0.257 e. The molecule has 7 heteroatoms. The second-order valence-corrected chi connectivity index (χ2v) is 5.86. The Morgan fingerprint density at radius 3 is 2.52 bits per heavy atom. The molecule has 2 aromatic carbocycles. The van der Waals surface area contributed by atoms with Crippen molar-refractivity contribution in [2.45, 2.75) is 12.3 Å². The second kappa shape index (κ2) is 6.08. The van der Waals surface area contributed by atoms with E-state index in [9.17, 15) is 13.6 Å². The van der Waals surface area contributed by atoms with E-state index in [4.69, 9.17) is 4.52 Å². The average Bonchev–Trinajstić information content (AvgIpc) is 3.21. The molecule has 1 aliphatic rings. The fourth-order valence-corrected chi connectivity index (χ4v) is 2.92. The van der Waals surface area contributed by atoms with E-state index in [1.54, 1.807) is 0 Å². The van der Waals surface area contributed by atoms with Crippen LogP contribution in [0.15, 0.2) is 53.1 Å². The van der Waals surface area contributed by atoms with Crippen LogP contribution in [0.4, 0.5) is 14.5 Å². The van der Waals surface area contributed by atoms with E-state index in [1.165, 1.54) is 4.90 Å². The number of carbonyl (C=O) groups is 1. The van der Waals surface area contributed by atoms with Crippen LogP contribution in [0, 0.1) is 11.6 Å². The largest absolute Gasteiger partial charge is 0.334 e. The van der Waals surface area contributed by atoms with E-state index in [2.05, 4.69) is 10.1 Å². The predicted octanol–water partition coefficient (Wildman–Crippen LogP) is 3.54. The smallest absolute Gasteiger partial charge is 0.257 e. The van der Waals surface area contributed by atoms with Crippen LogP contribution in [0.25, 0.3) is 11.5 Å². The number of hydrogen-bond donors (Lipinski definition) is 0. The van der Waals surface area contributed by atoms with Gasteiger partial charge in [0.2, 0.25) is 5.91 Å². The Labute approximate surface area is 141 Å². The highest BCUT2D eigenvalue weighted by molar-refractivity contribution is 5.96. The summed E-state index contributed by atoms with van der Waals surface area (Å²) >= 11 is 0. The van der Waals surface area contributed by atoms with Crippen molar-refractivity contribution in [3.8, 4) is 11.5 Å². The van der Waals surface area contributed by atoms with Gasteiger partial charge in [-0.2, -0.15) is 4.98 Å². The molecular weight excluding hydrogens is 328 g/mol. The zero-order valence-corrected chi connectivity index (χ0v) is 13.0. The van der Waals surface area contributed by atoms with Crippen molar-refractivity contribution < 1.29 is 18.1 Å². The van der Waals surface area contributed by atoms with Crippen LogP contribution in [0.5, 0.6) is 0 Å². The minimum atomic E-state index is -0.725. The van der Waals surface area contributed by atoms with E-state index in [-0.39, 0.29) is 30.5 Å². The molecule has 1 saturated heterocycles. The van der Waals surface area contributed by atoms with Gasteiger partial charge in [-0.1, -0.05) is 23.4 Å². The summed E-state index contributed by atoms with van der Waals surface area (Å²) < 4.78 is 32.1. The van der Waals surface area contributed by atoms with Crippen LogP contribution in [0.2, 0.25) is 0 Å². The first kappa shape index (κ1) is 15.4. The van der Waals surface area contributed by atoms with Crippen molar-refractivity contribution in [2.75, 3.05) is 11.4 Å². The number of benzene rings is 2. The molecule has 126 valence electrons. The van der Waals surface area contributed by atoms with Crippen LogP contribution in [-0.2, 0) is 4.79 Å². The van der Waals surface area contributed by atoms with Crippen molar-refractivity contribution in [1.82, 2.24) is 10.1 Å². The van der Waals surface area contributed by atoms with Gasteiger partial charge in [-0.25, -0.2) is 8.78 Å². The second-order valence-electron chi connectivity index (χ2n) is 5.86. The van der Waals surface area contributed by atoms with Crippen LogP contribution in [-0.4, -0.2) is 22.6 Å². The van der Waals surface area contributed by atoms with Crippen LogP contribution < -0.4 is 4.90 Å². The number of aromatic nitrogens is 2. The average molecular weight is 341 g/mol. The van der Waals surface area contributed by atoms with Gasteiger partial charge in [0.15, 0.2) is 5.82 Å². The Hall–Kier alpha value is -3.09. The number of nitrogens with zero attached hydrogens (tertiary/aromatic N) is 3. The highest BCUT2D eigenvalue weighted by Crippen LogP contribution is 2.32. The van der Waals surface area contributed by atoms with Crippen LogP contribution >= 0.6 is 0 Å². The van der Waals surface area contributed by atoms with Gasteiger partial charge in [0, 0.05) is 36.2 Å². The van der Waals surface area contributed by atoms with Crippen molar-refractivity contribution in [2.24, 2.45) is 0 Å². The predicted molar refractivity (Wildman–Crippen MR) is 85.8 cm³/mol. The molecule has 2 heterocycles. The molecule has 25 heavy (non-hydrogen) atoms. The number of anilines is 1. The van der Waals surface area contributed by atoms with Crippen molar-refractivity contribution in [3.63, 3.8) is 0 Å². The zero-order chi connectivity index (χ0) is 17.4. The first-order valence-corrected chi connectivity index (χ1v) is 7.75. The summed E-state index contributed by atoms with van der Waals surface area (Å²) in [7, 11) is 0. The fraction of sp³-hybridized carbons (Fsp3) is 0.167. The van der Waals surface area contributed by atoms with E-state index < -0.39 is 11.6 Å². The Balaban J connectivity index is 1.57. The van der Waals surface area contributed by atoms with Gasteiger partial charge in [-0.3, -0.25) is 4.79 Å². The van der Waals surface area contributed by atoms with Crippen LogP contribution in [0.1, 0.15) is 18.2 Å². The van der Waals surface area contributed by atoms with Gasteiger partial charge in [0.25, 0.3) is 5.89 Å². The summed E-state index contributed by atoms with van der Waals surface area (Å²) in [6.45, 7) is 0.246. The Kier molecular flexibility index (Phi) is 3.76. The molecule has 1 aromatic heterocycles. The summed E-state index contributed by atoms with van der Waals surface area (Å²) in [4.78, 5) is 18.0. The SMILES string of the molecule is O=C1CC(c2noc(-c3ccccc3)n2)CN1c1cc(F)cc(F)c1. The zero-order valence-electron chi connectivity index (χ0n) is 13.0. The molecule has 1 atom stereocenters. The molecule has 0 bridgehead atoms. The molecule has 1 fully saturated rings.